The van der Waals surface area contributed by atoms with Crippen LogP contribution in [0.4, 0.5) is 0 Å². The van der Waals surface area contributed by atoms with Gasteiger partial charge in [0.25, 0.3) is 5.91 Å². The lowest BCUT2D eigenvalue weighted by Crippen LogP contribution is -2.30. The average molecular weight is 380 g/mol. The molecular formula is C18H21NO4S2. The zero-order valence-electron chi connectivity index (χ0n) is 14.0. The molecule has 0 bridgehead atoms. The van der Waals surface area contributed by atoms with Crippen molar-refractivity contribution in [2.24, 2.45) is 0 Å². The highest BCUT2D eigenvalue weighted by atomic mass is 32.2. The van der Waals surface area contributed by atoms with Crippen molar-refractivity contribution in [2.75, 3.05) is 26.0 Å². The molecule has 25 heavy (non-hydrogen) atoms. The molecule has 2 aromatic rings. The Kier molecular flexibility index (Phi) is 8.34. The maximum Gasteiger partial charge on any atom is 0.316 e. The highest BCUT2D eigenvalue weighted by molar-refractivity contribution is 7.99. The summed E-state index contributed by atoms with van der Waals surface area (Å²) >= 11 is 3.14. The molecule has 1 aromatic heterocycles. The highest BCUT2D eigenvalue weighted by Crippen LogP contribution is 2.17. The molecule has 1 heterocycles. The van der Waals surface area contributed by atoms with Crippen LogP contribution in [0.1, 0.15) is 10.4 Å². The van der Waals surface area contributed by atoms with E-state index < -0.39 is 0 Å². The molecule has 2 rings (SSSR count). The van der Waals surface area contributed by atoms with Gasteiger partial charge in [-0.15, -0.1) is 23.1 Å². The van der Waals surface area contributed by atoms with Gasteiger partial charge in [-0.3, -0.25) is 9.59 Å². The minimum Gasteiger partial charge on any atom is -0.496 e. The molecule has 1 aromatic carbocycles. The van der Waals surface area contributed by atoms with E-state index in [0.29, 0.717) is 13.0 Å². The van der Waals surface area contributed by atoms with E-state index >= 15 is 0 Å². The Morgan fingerprint density at radius 2 is 2.04 bits per heavy atom. The molecule has 7 heteroatoms. The van der Waals surface area contributed by atoms with E-state index in [9.17, 15) is 9.59 Å². The summed E-state index contributed by atoms with van der Waals surface area (Å²) in [6.45, 7) is 0.216. The van der Waals surface area contributed by atoms with E-state index in [1.807, 2.05) is 41.8 Å². The molecule has 0 aliphatic heterocycles. The van der Waals surface area contributed by atoms with Crippen LogP contribution in [0.3, 0.4) is 0 Å². The van der Waals surface area contributed by atoms with Crippen LogP contribution >= 0.6 is 23.1 Å². The van der Waals surface area contributed by atoms with Gasteiger partial charge in [0.1, 0.15) is 5.75 Å². The van der Waals surface area contributed by atoms with Gasteiger partial charge in [-0.2, -0.15) is 0 Å². The van der Waals surface area contributed by atoms with Gasteiger partial charge in [0.05, 0.1) is 12.9 Å². The second kappa shape index (κ2) is 10.8. The van der Waals surface area contributed by atoms with E-state index in [1.165, 1.54) is 16.6 Å². The molecule has 0 fully saturated rings. The van der Waals surface area contributed by atoms with Crippen molar-refractivity contribution in [3.63, 3.8) is 0 Å². The summed E-state index contributed by atoms with van der Waals surface area (Å²) in [5, 5.41) is 4.74. The van der Waals surface area contributed by atoms with Crippen LogP contribution in [0.5, 0.6) is 5.75 Å². The molecule has 5 nitrogen and oxygen atoms in total. The van der Waals surface area contributed by atoms with E-state index in [1.54, 1.807) is 18.4 Å². The number of thioether (sulfide) groups is 1. The summed E-state index contributed by atoms with van der Waals surface area (Å²) in [6, 6.07) is 11.7. The van der Waals surface area contributed by atoms with E-state index in [-0.39, 0.29) is 24.2 Å². The average Bonchev–Trinajstić information content (AvgIpc) is 3.14. The smallest absolute Gasteiger partial charge is 0.316 e. The summed E-state index contributed by atoms with van der Waals surface area (Å²) in [7, 11) is 1.62. The summed E-state index contributed by atoms with van der Waals surface area (Å²) in [4.78, 5) is 24.6. The predicted octanol–water partition coefficient (Wildman–Crippen LogP) is 2.89. The van der Waals surface area contributed by atoms with Crippen LogP contribution in [0.2, 0.25) is 0 Å². The molecule has 0 saturated heterocycles. The SMILES string of the molecule is COc1ccccc1CCNC(=O)COC(=O)CSCc1cccs1. The number of hydrogen-bond donors (Lipinski definition) is 1. The number of methoxy groups -OCH3 is 1. The third-order valence-corrected chi connectivity index (χ3v) is 5.33. The number of thiophene rings is 1. The Hall–Kier alpha value is -1.99. The Labute approximate surface area is 155 Å². The fourth-order valence-corrected chi connectivity index (χ4v) is 3.78. The number of hydrogen-bond acceptors (Lipinski definition) is 6. The quantitative estimate of drug-likeness (QED) is 0.643. The van der Waals surface area contributed by atoms with Gasteiger partial charge in [0, 0.05) is 17.2 Å². The largest absolute Gasteiger partial charge is 0.496 e. The Bertz CT molecular complexity index is 673. The summed E-state index contributed by atoms with van der Waals surface area (Å²) in [6.07, 6.45) is 0.653. The fourth-order valence-electron chi connectivity index (χ4n) is 2.11. The van der Waals surface area contributed by atoms with Crippen molar-refractivity contribution < 1.29 is 19.1 Å². The fraction of sp³-hybridized carbons (Fsp3) is 0.333. The topological polar surface area (TPSA) is 64.6 Å². The number of nitrogens with one attached hydrogen (secondary N) is 1. The van der Waals surface area contributed by atoms with Crippen LogP contribution in [0.25, 0.3) is 0 Å². The summed E-state index contributed by atoms with van der Waals surface area (Å²) in [5.74, 6) is 1.14. The molecule has 0 spiro atoms. The van der Waals surface area contributed by atoms with Gasteiger partial charge < -0.3 is 14.8 Å². The third kappa shape index (κ3) is 7.19. The predicted molar refractivity (Wildman–Crippen MR) is 101 cm³/mol. The van der Waals surface area contributed by atoms with Gasteiger partial charge in [0.2, 0.25) is 0 Å². The van der Waals surface area contributed by atoms with Crippen LogP contribution in [-0.4, -0.2) is 37.9 Å². The zero-order valence-corrected chi connectivity index (χ0v) is 15.7. The maximum absolute atomic E-state index is 11.7. The first kappa shape index (κ1) is 19.3. The number of benzene rings is 1. The van der Waals surface area contributed by atoms with Gasteiger partial charge in [-0.05, 0) is 29.5 Å². The van der Waals surface area contributed by atoms with Crippen molar-refractivity contribution in [3.8, 4) is 5.75 Å². The monoisotopic (exact) mass is 379 g/mol. The van der Waals surface area contributed by atoms with E-state index in [4.69, 9.17) is 9.47 Å². The third-order valence-electron chi connectivity index (χ3n) is 3.32. The number of ether oxygens (including phenoxy) is 2. The first-order chi connectivity index (χ1) is 12.2. The van der Waals surface area contributed by atoms with Crippen LogP contribution in [0, 0.1) is 0 Å². The van der Waals surface area contributed by atoms with E-state index in [0.717, 1.165) is 17.1 Å². The normalized spacial score (nSPS) is 10.3. The minimum atomic E-state index is -0.374. The molecule has 0 aliphatic rings. The first-order valence-electron chi connectivity index (χ1n) is 7.83. The second-order valence-electron chi connectivity index (χ2n) is 5.14. The van der Waals surface area contributed by atoms with Crippen LogP contribution in [0.15, 0.2) is 41.8 Å². The van der Waals surface area contributed by atoms with Crippen molar-refractivity contribution in [1.82, 2.24) is 5.32 Å². The minimum absolute atomic E-state index is 0.242. The molecule has 0 unspecified atom stereocenters. The summed E-state index contributed by atoms with van der Waals surface area (Å²) in [5.41, 5.74) is 1.02. The van der Waals surface area contributed by atoms with Crippen LogP contribution < -0.4 is 10.1 Å². The highest BCUT2D eigenvalue weighted by Gasteiger charge is 2.08. The number of rotatable bonds is 10. The van der Waals surface area contributed by atoms with Gasteiger partial charge in [0.15, 0.2) is 6.61 Å². The number of amides is 1. The lowest BCUT2D eigenvalue weighted by atomic mass is 10.1. The lowest BCUT2D eigenvalue weighted by molar-refractivity contribution is -0.145. The molecule has 0 saturated carbocycles. The molecule has 134 valence electrons. The molecule has 0 atom stereocenters. The Balaban J connectivity index is 1.58. The van der Waals surface area contributed by atoms with Crippen molar-refractivity contribution >= 4 is 35.0 Å². The van der Waals surface area contributed by atoms with E-state index in [2.05, 4.69) is 5.32 Å². The first-order valence-corrected chi connectivity index (χ1v) is 9.87. The van der Waals surface area contributed by atoms with Gasteiger partial charge in [-0.1, -0.05) is 24.3 Å². The second-order valence-corrected chi connectivity index (χ2v) is 7.16. The number of carbonyl (C=O) groups is 2. The number of carbonyl (C=O) groups excluding carboxylic acids is 2. The molecular weight excluding hydrogens is 358 g/mol. The maximum atomic E-state index is 11.7. The molecule has 1 N–H and O–H groups in total. The van der Waals surface area contributed by atoms with Crippen molar-refractivity contribution in [3.05, 3.63) is 52.2 Å². The van der Waals surface area contributed by atoms with Crippen molar-refractivity contribution in [1.29, 1.82) is 0 Å². The van der Waals surface area contributed by atoms with Gasteiger partial charge >= 0.3 is 5.97 Å². The molecule has 0 aliphatic carbocycles. The number of esters is 1. The Morgan fingerprint density at radius 1 is 1.20 bits per heavy atom. The van der Waals surface area contributed by atoms with Gasteiger partial charge in [-0.25, -0.2) is 0 Å². The summed E-state index contributed by atoms with van der Waals surface area (Å²) < 4.78 is 10.2. The zero-order chi connectivity index (χ0) is 17.9. The molecule has 1 amide bonds. The lowest BCUT2D eigenvalue weighted by Gasteiger charge is -2.09. The standard InChI is InChI=1S/C18H21NO4S2/c1-22-16-7-3-2-5-14(16)8-9-19-17(20)11-23-18(21)13-24-12-15-6-4-10-25-15/h2-7,10H,8-9,11-13H2,1H3,(H,19,20). The Morgan fingerprint density at radius 3 is 2.80 bits per heavy atom. The molecule has 0 radical (unpaired) electrons. The van der Waals surface area contributed by atoms with Crippen LogP contribution in [-0.2, 0) is 26.5 Å². The number of para-hydroxylation sites is 1. The van der Waals surface area contributed by atoms with Crippen molar-refractivity contribution in [2.45, 2.75) is 12.2 Å².